The molecule has 4 heterocycles. The highest BCUT2D eigenvalue weighted by Crippen LogP contribution is 2.38. The zero-order chi connectivity index (χ0) is 29.8. The molecule has 9 heteroatoms. The number of carbonyl (C=O) groups is 3. The van der Waals surface area contributed by atoms with Crippen LogP contribution in [0.5, 0.6) is 0 Å². The van der Waals surface area contributed by atoms with Gasteiger partial charge in [-0.1, -0.05) is 45.0 Å². The summed E-state index contributed by atoms with van der Waals surface area (Å²) in [6.45, 7) is 6.64. The second-order valence-corrected chi connectivity index (χ2v) is 12.4. The Kier molecular flexibility index (Phi) is 6.91. The molecule has 2 aliphatic rings. The Bertz CT molecular complexity index is 1690. The summed E-state index contributed by atoms with van der Waals surface area (Å²) in [4.78, 5) is 51.5. The highest BCUT2D eigenvalue weighted by atomic mass is 19.1. The number of fused-ring (bicyclic) bond motifs is 3. The predicted molar refractivity (Wildman–Crippen MR) is 155 cm³/mol. The smallest absolute Gasteiger partial charge is 0.272 e. The maximum Gasteiger partial charge on any atom is 0.272 e. The van der Waals surface area contributed by atoms with Crippen LogP contribution in [0.2, 0.25) is 0 Å². The molecule has 216 valence electrons. The molecule has 0 unspecified atom stereocenters. The molecule has 0 spiro atoms. The van der Waals surface area contributed by atoms with E-state index in [0.29, 0.717) is 47.2 Å². The summed E-state index contributed by atoms with van der Waals surface area (Å²) in [5, 5.41) is 0.606. The lowest BCUT2D eigenvalue weighted by Gasteiger charge is -2.39. The van der Waals surface area contributed by atoms with Gasteiger partial charge >= 0.3 is 0 Å². The summed E-state index contributed by atoms with van der Waals surface area (Å²) < 4.78 is 27.8. The first-order valence-electron chi connectivity index (χ1n) is 14.1. The van der Waals surface area contributed by atoms with Crippen molar-refractivity contribution < 1.29 is 23.2 Å². The molecular formula is C33H32F2N4O3. The van der Waals surface area contributed by atoms with E-state index in [0.717, 1.165) is 0 Å². The average Bonchev–Trinajstić information content (AvgIpc) is 3.69. The fraction of sp³-hybridized carbons (Fsp3) is 0.333. The standard InChI is InChI=1S/C33H32F2N4O3/c1-33(2,3)25(15-30(40)29-13-20-12-21(34)9-11-27(20)37-29)31(41)38-17-23-14-22(38)18-39(23)32(42)28-10-8-19(16-36-28)24-6-4-5-7-26(24)35/h4-13,16,22-23,25,37H,14-15,17-18H2,1-3H3/t22-,23-,25+/m0/s1. The molecule has 0 aliphatic carbocycles. The molecule has 3 atom stereocenters. The van der Waals surface area contributed by atoms with Crippen LogP contribution in [0.3, 0.4) is 0 Å². The maximum atomic E-state index is 14.2. The molecule has 2 bridgehead atoms. The molecule has 0 saturated carbocycles. The third-order valence-corrected chi connectivity index (χ3v) is 8.57. The summed E-state index contributed by atoms with van der Waals surface area (Å²) >= 11 is 0. The van der Waals surface area contributed by atoms with Crippen molar-refractivity contribution in [3.05, 3.63) is 89.9 Å². The van der Waals surface area contributed by atoms with E-state index in [1.165, 1.54) is 24.4 Å². The van der Waals surface area contributed by atoms with Crippen LogP contribution in [0.1, 0.15) is 54.6 Å². The lowest BCUT2D eigenvalue weighted by atomic mass is 9.76. The molecule has 7 nitrogen and oxygen atoms in total. The van der Waals surface area contributed by atoms with E-state index < -0.39 is 11.3 Å². The zero-order valence-electron chi connectivity index (χ0n) is 23.7. The van der Waals surface area contributed by atoms with Crippen molar-refractivity contribution in [3.8, 4) is 11.1 Å². The number of pyridine rings is 1. The Labute approximate surface area is 242 Å². The quantitative estimate of drug-likeness (QED) is 0.294. The highest BCUT2D eigenvalue weighted by molar-refractivity contribution is 6.01. The van der Waals surface area contributed by atoms with Gasteiger partial charge < -0.3 is 14.8 Å². The van der Waals surface area contributed by atoms with E-state index in [1.807, 2.05) is 25.7 Å². The zero-order valence-corrected chi connectivity index (χ0v) is 23.7. The number of hydrogen-bond donors (Lipinski definition) is 1. The van der Waals surface area contributed by atoms with Gasteiger partial charge in [-0.3, -0.25) is 19.4 Å². The Morgan fingerprint density at radius 1 is 0.976 bits per heavy atom. The van der Waals surface area contributed by atoms with E-state index in [-0.39, 0.29) is 53.4 Å². The van der Waals surface area contributed by atoms with Crippen LogP contribution < -0.4 is 0 Å². The third-order valence-electron chi connectivity index (χ3n) is 8.57. The molecule has 0 radical (unpaired) electrons. The van der Waals surface area contributed by atoms with Gasteiger partial charge in [-0.2, -0.15) is 0 Å². The van der Waals surface area contributed by atoms with Crippen molar-refractivity contribution in [2.75, 3.05) is 13.1 Å². The van der Waals surface area contributed by atoms with Crippen LogP contribution in [0.25, 0.3) is 22.0 Å². The number of nitrogens with one attached hydrogen (secondary N) is 1. The minimum Gasteiger partial charge on any atom is -0.352 e. The van der Waals surface area contributed by atoms with Crippen LogP contribution in [-0.4, -0.2) is 62.5 Å². The molecule has 2 aromatic carbocycles. The van der Waals surface area contributed by atoms with Crippen LogP contribution in [0, 0.1) is 23.0 Å². The lowest BCUT2D eigenvalue weighted by molar-refractivity contribution is -0.141. The van der Waals surface area contributed by atoms with E-state index in [2.05, 4.69) is 9.97 Å². The van der Waals surface area contributed by atoms with Crippen molar-refractivity contribution in [3.63, 3.8) is 0 Å². The first-order chi connectivity index (χ1) is 20.0. The second kappa shape index (κ2) is 10.5. The van der Waals surface area contributed by atoms with Crippen LogP contribution >= 0.6 is 0 Å². The first-order valence-corrected chi connectivity index (χ1v) is 14.1. The first kappa shape index (κ1) is 27.8. The second-order valence-electron chi connectivity index (χ2n) is 12.4. The fourth-order valence-electron chi connectivity index (χ4n) is 6.22. The monoisotopic (exact) mass is 570 g/mol. The van der Waals surface area contributed by atoms with Gasteiger partial charge in [0.15, 0.2) is 5.78 Å². The van der Waals surface area contributed by atoms with Gasteiger partial charge in [-0.15, -0.1) is 0 Å². The molecule has 2 amide bonds. The van der Waals surface area contributed by atoms with Crippen LogP contribution in [0.4, 0.5) is 8.78 Å². The lowest BCUT2D eigenvalue weighted by Crippen LogP contribution is -2.53. The minimum atomic E-state index is -0.566. The number of likely N-dealkylation sites (tertiary alicyclic amines) is 2. The van der Waals surface area contributed by atoms with Gasteiger partial charge in [0.1, 0.15) is 17.3 Å². The molecule has 42 heavy (non-hydrogen) atoms. The molecule has 4 aromatic rings. The fourth-order valence-corrected chi connectivity index (χ4v) is 6.22. The highest BCUT2D eigenvalue weighted by Gasteiger charge is 2.50. The Balaban J connectivity index is 1.13. The van der Waals surface area contributed by atoms with E-state index in [4.69, 9.17) is 0 Å². The number of rotatable bonds is 6. The minimum absolute atomic E-state index is 0.0203. The summed E-state index contributed by atoms with van der Waals surface area (Å²) in [5.41, 5.74) is 1.82. The van der Waals surface area contributed by atoms with Crippen LogP contribution in [0.15, 0.2) is 66.9 Å². The number of aromatic nitrogens is 2. The van der Waals surface area contributed by atoms with E-state index >= 15 is 0 Å². The Morgan fingerprint density at radius 3 is 2.38 bits per heavy atom. The molecule has 2 aliphatic heterocycles. The number of aromatic amines is 1. The van der Waals surface area contributed by atoms with Crippen molar-refractivity contribution in [2.24, 2.45) is 11.3 Å². The summed E-state index contributed by atoms with van der Waals surface area (Å²) in [6.07, 6.45) is 2.19. The van der Waals surface area contributed by atoms with Crippen molar-refractivity contribution in [2.45, 2.75) is 45.7 Å². The van der Waals surface area contributed by atoms with Gasteiger partial charge in [0.2, 0.25) is 5.91 Å². The topological polar surface area (TPSA) is 86.4 Å². The number of halogens is 2. The summed E-state index contributed by atoms with van der Waals surface area (Å²) in [7, 11) is 0. The SMILES string of the molecule is CC(C)(C)[C@H](CC(=O)c1cc2cc(F)ccc2[nH]1)C(=O)N1C[C@@H]2C[C@H]1CN2C(=O)c1ccc(-c2ccccc2F)cn1. The normalized spacial score (nSPS) is 19.0. The van der Waals surface area contributed by atoms with E-state index in [1.54, 1.807) is 47.4 Å². The summed E-state index contributed by atoms with van der Waals surface area (Å²) in [6, 6.07) is 15.4. The number of H-pyrrole nitrogens is 1. The summed E-state index contributed by atoms with van der Waals surface area (Å²) in [5.74, 6) is -1.81. The number of hydrogen-bond acceptors (Lipinski definition) is 4. The average molecular weight is 571 g/mol. The van der Waals surface area contributed by atoms with E-state index in [9.17, 15) is 23.2 Å². The molecule has 2 fully saturated rings. The molecule has 6 rings (SSSR count). The van der Waals surface area contributed by atoms with Gasteiger partial charge in [0.05, 0.1) is 23.7 Å². The molecule has 2 aromatic heterocycles. The number of amides is 2. The number of carbonyl (C=O) groups excluding carboxylic acids is 3. The molecule has 1 N–H and O–H groups in total. The van der Waals surface area contributed by atoms with Gasteiger partial charge in [0, 0.05) is 47.7 Å². The number of ketones is 1. The largest absolute Gasteiger partial charge is 0.352 e. The maximum absolute atomic E-state index is 14.2. The number of nitrogens with zero attached hydrogens (tertiary/aromatic N) is 3. The number of piperazine rings is 1. The van der Waals surface area contributed by atoms with Gasteiger partial charge in [-0.25, -0.2) is 8.78 Å². The van der Waals surface area contributed by atoms with Crippen molar-refractivity contribution in [1.29, 1.82) is 0 Å². The third kappa shape index (κ3) is 5.08. The van der Waals surface area contributed by atoms with Crippen molar-refractivity contribution in [1.82, 2.24) is 19.8 Å². The van der Waals surface area contributed by atoms with Crippen LogP contribution in [-0.2, 0) is 4.79 Å². The number of benzene rings is 2. The molecular weight excluding hydrogens is 538 g/mol. The Hall–Kier alpha value is -4.40. The molecule has 2 saturated heterocycles. The van der Waals surface area contributed by atoms with Gasteiger partial charge in [-0.05, 0) is 48.2 Å². The Morgan fingerprint density at radius 2 is 1.71 bits per heavy atom. The van der Waals surface area contributed by atoms with Gasteiger partial charge in [0.25, 0.3) is 5.91 Å². The van der Waals surface area contributed by atoms with Crippen molar-refractivity contribution >= 4 is 28.5 Å². The predicted octanol–water partition coefficient (Wildman–Crippen LogP) is 5.87. The number of Topliss-reactive ketones (excluding diaryl/α,β-unsaturated/α-hetero) is 1.